The normalized spacial score (nSPS) is 11.9. The van der Waals surface area contributed by atoms with E-state index in [2.05, 4.69) is 209 Å². The van der Waals surface area contributed by atoms with E-state index >= 15 is 0 Å². The van der Waals surface area contributed by atoms with Crippen molar-refractivity contribution < 1.29 is 4.42 Å². The van der Waals surface area contributed by atoms with Crippen LogP contribution in [0.5, 0.6) is 0 Å². The van der Waals surface area contributed by atoms with E-state index in [1.807, 2.05) is 30.3 Å². The summed E-state index contributed by atoms with van der Waals surface area (Å²) in [5.41, 5.74) is 17.0. The molecule has 4 heterocycles. The molecule has 0 bridgehead atoms. The van der Waals surface area contributed by atoms with E-state index in [0.717, 1.165) is 83.2 Å². The highest BCUT2D eigenvalue weighted by Crippen LogP contribution is 2.42. The SMILES string of the molecule is c1ccc(-c2nc(-c3cccc4oc5ccc(-c6ccc7c(c6)c6ccc(-c8ccc9c%10ccccc%10n(-c%10ccccc%10)c9c8)cc6n7-c6ccccc6)cc5c34)nc3ccccc23)cc1. The van der Waals surface area contributed by atoms with E-state index in [1.54, 1.807) is 0 Å². The van der Waals surface area contributed by atoms with Crippen molar-refractivity contribution in [2.24, 2.45) is 0 Å². The van der Waals surface area contributed by atoms with Crippen LogP contribution in [0.4, 0.5) is 0 Å². The van der Waals surface area contributed by atoms with Crippen LogP contribution in [0.2, 0.25) is 0 Å². The average Bonchev–Trinajstić information content (AvgIpc) is 4.05. The molecule has 14 aromatic rings. The van der Waals surface area contributed by atoms with Gasteiger partial charge in [0.05, 0.1) is 33.3 Å². The van der Waals surface area contributed by atoms with E-state index in [0.29, 0.717) is 5.82 Å². The minimum atomic E-state index is 0.671. The number of furan rings is 1. The van der Waals surface area contributed by atoms with E-state index in [4.69, 9.17) is 14.4 Å². The van der Waals surface area contributed by atoms with Gasteiger partial charge in [0.2, 0.25) is 0 Å². The quantitative estimate of drug-likeness (QED) is 0.167. The summed E-state index contributed by atoms with van der Waals surface area (Å²) < 4.78 is 11.3. The lowest BCUT2D eigenvalue weighted by Crippen LogP contribution is -1.95. The lowest BCUT2D eigenvalue weighted by atomic mass is 9.98. The highest BCUT2D eigenvalue weighted by Gasteiger charge is 2.20. The van der Waals surface area contributed by atoms with E-state index in [-0.39, 0.29) is 0 Å². The molecule has 0 saturated heterocycles. The first-order valence-corrected chi connectivity index (χ1v) is 22.7. The molecule has 0 saturated carbocycles. The van der Waals surface area contributed by atoms with Gasteiger partial charge in [0.25, 0.3) is 0 Å². The molecule has 0 amide bonds. The second-order valence-corrected chi connectivity index (χ2v) is 17.3. The molecule has 0 aliphatic rings. The van der Waals surface area contributed by atoms with Gasteiger partial charge in [-0.3, -0.25) is 0 Å². The first kappa shape index (κ1) is 37.3. The van der Waals surface area contributed by atoms with Crippen LogP contribution in [0, 0.1) is 0 Å². The van der Waals surface area contributed by atoms with E-state index in [1.165, 1.54) is 43.7 Å². The number of hydrogen-bond donors (Lipinski definition) is 0. The fourth-order valence-corrected chi connectivity index (χ4v) is 10.4. The maximum atomic E-state index is 6.54. The summed E-state index contributed by atoms with van der Waals surface area (Å²) in [6.45, 7) is 0. The van der Waals surface area contributed by atoms with Gasteiger partial charge in [0.1, 0.15) is 11.2 Å². The van der Waals surface area contributed by atoms with Crippen molar-refractivity contribution in [2.75, 3.05) is 0 Å². The molecule has 67 heavy (non-hydrogen) atoms. The molecule has 0 atom stereocenters. The molecule has 0 spiro atoms. The minimum absolute atomic E-state index is 0.671. The zero-order chi connectivity index (χ0) is 44.0. The van der Waals surface area contributed by atoms with Gasteiger partial charge in [-0.05, 0) is 101 Å². The Bertz CT molecular complexity index is 4260. The summed E-state index contributed by atoms with van der Waals surface area (Å²) in [6.07, 6.45) is 0. The van der Waals surface area contributed by atoms with Crippen LogP contribution in [-0.2, 0) is 0 Å². The molecule has 4 aromatic heterocycles. The number of aromatic nitrogens is 4. The van der Waals surface area contributed by atoms with Crippen LogP contribution in [0.15, 0.2) is 235 Å². The molecule has 0 radical (unpaired) electrons. The molecule has 0 aliphatic heterocycles. The van der Waals surface area contributed by atoms with Crippen molar-refractivity contribution in [3.8, 4) is 56.3 Å². The van der Waals surface area contributed by atoms with Gasteiger partial charge in [0.15, 0.2) is 5.82 Å². The van der Waals surface area contributed by atoms with Gasteiger partial charge in [-0.2, -0.15) is 0 Å². The minimum Gasteiger partial charge on any atom is -0.456 e. The lowest BCUT2D eigenvalue weighted by Gasteiger charge is -2.10. The number of benzene rings is 10. The highest BCUT2D eigenvalue weighted by atomic mass is 16.3. The van der Waals surface area contributed by atoms with Crippen molar-refractivity contribution in [1.82, 2.24) is 19.1 Å². The second kappa shape index (κ2) is 14.7. The number of para-hydroxylation sites is 4. The van der Waals surface area contributed by atoms with Gasteiger partial charge in [0, 0.05) is 60.2 Å². The maximum absolute atomic E-state index is 6.54. The van der Waals surface area contributed by atoms with Crippen LogP contribution in [-0.4, -0.2) is 19.1 Å². The van der Waals surface area contributed by atoms with Gasteiger partial charge in [-0.25, -0.2) is 9.97 Å². The first-order chi connectivity index (χ1) is 33.2. The van der Waals surface area contributed by atoms with Crippen LogP contribution in [0.3, 0.4) is 0 Å². The zero-order valence-corrected chi connectivity index (χ0v) is 36.1. The predicted molar refractivity (Wildman–Crippen MR) is 277 cm³/mol. The molecule has 5 nitrogen and oxygen atoms in total. The Kier molecular flexibility index (Phi) is 8.21. The van der Waals surface area contributed by atoms with E-state index in [9.17, 15) is 0 Å². The maximum Gasteiger partial charge on any atom is 0.161 e. The standard InChI is InChI=1S/C62H38N4O/c1-4-15-39(16-5-1)61-49-22-10-12-24-53(49)63-62(64-61)50-23-14-26-59-60(50)52-36-41(30-34-58(52)67-59)40-29-33-55-51(35-40)48-32-28-43(38-57(48)66(55)45-19-8-3-9-20-45)42-27-31-47-46-21-11-13-25-54(46)65(56(47)37-42)44-17-6-2-7-18-44/h1-38H. The Balaban J connectivity index is 0.925. The van der Waals surface area contributed by atoms with Crippen molar-refractivity contribution in [2.45, 2.75) is 0 Å². The Labute approximate surface area is 385 Å². The molecule has 0 N–H and O–H groups in total. The summed E-state index contributed by atoms with van der Waals surface area (Å²) >= 11 is 0. The monoisotopic (exact) mass is 854 g/mol. The fraction of sp³-hybridized carbons (Fsp3) is 0. The van der Waals surface area contributed by atoms with Crippen LogP contribution >= 0.6 is 0 Å². The smallest absolute Gasteiger partial charge is 0.161 e. The largest absolute Gasteiger partial charge is 0.456 e. The molecule has 0 fully saturated rings. The predicted octanol–water partition coefficient (Wildman–Crippen LogP) is 16.4. The summed E-state index contributed by atoms with van der Waals surface area (Å²) in [7, 11) is 0. The molecule has 5 heteroatoms. The molecular weight excluding hydrogens is 817 g/mol. The number of nitrogens with zero attached hydrogens (tertiary/aromatic N) is 4. The third-order valence-corrected chi connectivity index (χ3v) is 13.5. The van der Waals surface area contributed by atoms with Crippen LogP contribution in [0.1, 0.15) is 0 Å². The Morgan fingerprint density at radius 3 is 1.57 bits per heavy atom. The van der Waals surface area contributed by atoms with Gasteiger partial charge >= 0.3 is 0 Å². The Morgan fingerprint density at radius 1 is 0.313 bits per heavy atom. The zero-order valence-electron chi connectivity index (χ0n) is 36.1. The Morgan fingerprint density at radius 2 is 0.851 bits per heavy atom. The Hall–Kier alpha value is -9.06. The highest BCUT2D eigenvalue weighted by molar-refractivity contribution is 6.15. The molecular formula is C62H38N4O. The number of rotatable bonds is 6. The lowest BCUT2D eigenvalue weighted by molar-refractivity contribution is 0.669. The first-order valence-electron chi connectivity index (χ1n) is 22.7. The van der Waals surface area contributed by atoms with Crippen molar-refractivity contribution in [3.63, 3.8) is 0 Å². The number of fused-ring (bicyclic) bond motifs is 10. The average molecular weight is 855 g/mol. The van der Waals surface area contributed by atoms with E-state index < -0.39 is 0 Å². The molecule has 14 rings (SSSR count). The molecule has 312 valence electrons. The van der Waals surface area contributed by atoms with Crippen LogP contribution in [0.25, 0.3) is 133 Å². The molecule has 0 aliphatic carbocycles. The summed E-state index contributed by atoms with van der Waals surface area (Å²) in [6, 6.07) is 82.2. The van der Waals surface area contributed by atoms with Gasteiger partial charge < -0.3 is 13.6 Å². The summed E-state index contributed by atoms with van der Waals surface area (Å²) in [4.78, 5) is 10.4. The molecule has 0 unspecified atom stereocenters. The van der Waals surface area contributed by atoms with Crippen molar-refractivity contribution >= 4 is 76.5 Å². The fourth-order valence-electron chi connectivity index (χ4n) is 10.4. The third-order valence-electron chi connectivity index (χ3n) is 13.5. The van der Waals surface area contributed by atoms with Crippen molar-refractivity contribution in [3.05, 3.63) is 231 Å². The van der Waals surface area contributed by atoms with Crippen LogP contribution < -0.4 is 0 Å². The summed E-state index contributed by atoms with van der Waals surface area (Å²) in [5.74, 6) is 0.671. The summed E-state index contributed by atoms with van der Waals surface area (Å²) in [5, 5.41) is 7.94. The second-order valence-electron chi connectivity index (χ2n) is 17.3. The topological polar surface area (TPSA) is 48.8 Å². The molecule has 10 aromatic carbocycles. The third kappa shape index (κ3) is 5.88. The number of hydrogen-bond acceptors (Lipinski definition) is 3. The van der Waals surface area contributed by atoms with Gasteiger partial charge in [-0.1, -0.05) is 152 Å². The van der Waals surface area contributed by atoms with Crippen molar-refractivity contribution in [1.29, 1.82) is 0 Å². The van der Waals surface area contributed by atoms with Gasteiger partial charge in [-0.15, -0.1) is 0 Å².